The van der Waals surface area contributed by atoms with E-state index in [1.165, 1.54) is 37.9 Å². The molecular weight excluding hydrogens is 176 g/mol. The second-order valence-electron chi connectivity index (χ2n) is 5.29. The highest BCUT2D eigenvalue weighted by molar-refractivity contribution is 6.70. The lowest BCUT2D eigenvalue weighted by Gasteiger charge is -2.21. The first-order valence-electron chi connectivity index (χ1n) is 5.47. The molecule has 2 heteroatoms. The molecule has 2 aliphatic carbocycles. The Morgan fingerprint density at radius 3 is 2.62 bits per heavy atom. The highest BCUT2D eigenvalue weighted by atomic mass is 28.4. The van der Waals surface area contributed by atoms with Crippen molar-refractivity contribution in [2.45, 2.75) is 51.7 Å². The van der Waals surface area contributed by atoms with Gasteiger partial charge in [-0.25, -0.2) is 0 Å². The van der Waals surface area contributed by atoms with Crippen molar-refractivity contribution in [2.75, 3.05) is 0 Å². The number of hydrogen-bond donors (Lipinski definition) is 0. The Hall–Kier alpha value is -0.243. The molecule has 0 bridgehead atoms. The molecule has 0 radical (unpaired) electrons. The van der Waals surface area contributed by atoms with Gasteiger partial charge in [0, 0.05) is 6.42 Å². The molecule has 1 unspecified atom stereocenters. The number of allylic oxidation sites excluding steroid dienone is 2. The van der Waals surface area contributed by atoms with Crippen molar-refractivity contribution in [3.05, 3.63) is 11.3 Å². The molecule has 0 aliphatic heterocycles. The summed E-state index contributed by atoms with van der Waals surface area (Å²) < 4.78 is 6.13. The van der Waals surface area contributed by atoms with E-state index in [1.54, 1.807) is 5.57 Å². The quantitative estimate of drug-likeness (QED) is 0.612. The lowest BCUT2D eigenvalue weighted by atomic mass is 10.1. The lowest BCUT2D eigenvalue weighted by molar-refractivity contribution is 0.401. The Balaban J connectivity index is 2.10. The van der Waals surface area contributed by atoms with Crippen molar-refractivity contribution >= 4 is 8.32 Å². The molecule has 0 aromatic heterocycles. The maximum atomic E-state index is 6.13. The van der Waals surface area contributed by atoms with Gasteiger partial charge in [0.1, 0.15) is 0 Å². The van der Waals surface area contributed by atoms with Crippen LogP contribution >= 0.6 is 0 Å². The highest BCUT2D eigenvalue weighted by Gasteiger charge is 2.32. The molecule has 1 saturated carbocycles. The van der Waals surface area contributed by atoms with E-state index < -0.39 is 8.32 Å². The van der Waals surface area contributed by atoms with Crippen LogP contribution in [0.25, 0.3) is 0 Å². The molecule has 2 aliphatic rings. The van der Waals surface area contributed by atoms with E-state index in [0.29, 0.717) is 0 Å². The van der Waals surface area contributed by atoms with Gasteiger partial charge in [0.25, 0.3) is 0 Å². The first-order valence-corrected chi connectivity index (χ1v) is 8.88. The van der Waals surface area contributed by atoms with Crippen LogP contribution in [0.1, 0.15) is 32.1 Å². The molecular formula is C11H20OSi. The minimum absolute atomic E-state index is 0.909. The topological polar surface area (TPSA) is 9.23 Å². The summed E-state index contributed by atoms with van der Waals surface area (Å²) in [6, 6.07) is 0. The predicted molar refractivity (Wildman–Crippen MR) is 58.0 cm³/mol. The summed E-state index contributed by atoms with van der Waals surface area (Å²) in [7, 11) is -1.34. The van der Waals surface area contributed by atoms with Gasteiger partial charge in [0.15, 0.2) is 0 Å². The van der Waals surface area contributed by atoms with Crippen LogP contribution in [0.2, 0.25) is 19.6 Å². The smallest absolute Gasteiger partial charge is 0.241 e. The molecule has 0 aromatic carbocycles. The van der Waals surface area contributed by atoms with Gasteiger partial charge in [-0.2, -0.15) is 0 Å². The van der Waals surface area contributed by atoms with Crippen LogP contribution in [0, 0.1) is 5.92 Å². The Labute approximate surface area is 82.3 Å². The molecule has 0 aromatic rings. The van der Waals surface area contributed by atoms with Gasteiger partial charge >= 0.3 is 0 Å². The van der Waals surface area contributed by atoms with Crippen LogP contribution in [-0.4, -0.2) is 8.32 Å². The van der Waals surface area contributed by atoms with Gasteiger partial charge in [-0.15, -0.1) is 0 Å². The van der Waals surface area contributed by atoms with E-state index in [1.807, 2.05) is 0 Å². The van der Waals surface area contributed by atoms with E-state index in [2.05, 4.69) is 19.6 Å². The minimum atomic E-state index is -1.34. The van der Waals surface area contributed by atoms with E-state index in [-0.39, 0.29) is 0 Å². The molecule has 74 valence electrons. The summed E-state index contributed by atoms with van der Waals surface area (Å²) in [6.45, 7) is 6.84. The monoisotopic (exact) mass is 196 g/mol. The summed E-state index contributed by atoms with van der Waals surface area (Å²) in [5.74, 6) is 2.30. The second kappa shape index (κ2) is 3.16. The van der Waals surface area contributed by atoms with E-state index >= 15 is 0 Å². The Kier molecular flexibility index (Phi) is 2.26. The van der Waals surface area contributed by atoms with Crippen molar-refractivity contribution < 1.29 is 4.43 Å². The molecule has 13 heavy (non-hydrogen) atoms. The molecule has 1 nitrogen and oxygen atoms in total. The Morgan fingerprint density at radius 2 is 1.92 bits per heavy atom. The molecule has 0 N–H and O–H groups in total. The zero-order chi connectivity index (χ0) is 9.47. The third-order valence-corrected chi connectivity index (χ3v) is 3.86. The van der Waals surface area contributed by atoms with Crippen LogP contribution in [0.15, 0.2) is 11.3 Å². The normalized spacial score (nSPS) is 28.1. The summed E-state index contributed by atoms with van der Waals surface area (Å²) >= 11 is 0. The van der Waals surface area contributed by atoms with Gasteiger partial charge in [0.2, 0.25) is 8.32 Å². The van der Waals surface area contributed by atoms with Crippen molar-refractivity contribution in [2.24, 2.45) is 5.92 Å². The molecule has 0 saturated heterocycles. The fourth-order valence-corrected chi connectivity index (χ4v) is 3.53. The van der Waals surface area contributed by atoms with E-state index in [0.717, 1.165) is 5.92 Å². The second-order valence-corrected chi connectivity index (χ2v) is 9.72. The van der Waals surface area contributed by atoms with Crippen molar-refractivity contribution in [3.63, 3.8) is 0 Å². The van der Waals surface area contributed by atoms with Gasteiger partial charge in [-0.3, -0.25) is 0 Å². The number of rotatable bonds is 2. The number of hydrogen-bond acceptors (Lipinski definition) is 1. The van der Waals surface area contributed by atoms with Crippen molar-refractivity contribution in [3.8, 4) is 0 Å². The maximum absolute atomic E-state index is 6.13. The predicted octanol–water partition coefficient (Wildman–Crippen LogP) is 3.69. The van der Waals surface area contributed by atoms with Gasteiger partial charge in [0.05, 0.1) is 5.76 Å². The van der Waals surface area contributed by atoms with E-state index in [9.17, 15) is 0 Å². The standard InChI is InChI=1S/C11H20OSi/c1-13(2,3)12-11-8-7-9-5-4-6-10(9)11/h9H,4-8H2,1-3H3. The third kappa shape index (κ3) is 1.98. The van der Waals surface area contributed by atoms with Gasteiger partial charge in [-0.05, 0) is 56.8 Å². The molecule has 0 amide bonds. The summed E-state index contributed by atoms with van der Waals surface area (Å²) in [6.07, 6.45) is 6.75. The first-order chi connectivity index (χ1) is 6.06. The first kappa shape index (κ1) is 9.32. The number of fused-ring (bicyclic) bond motifs is 1. The van der Waals surface area contributed by atoms with Gasteiger partial charge < -0.3 is 4.43 Å². The van der Waals surface area contributed by atoms with Crippen molar-refractivity contribution in [1.82, 2.24) is 0 Å². The van der Waals surface area contributed by atoms with Crippen LogP contribution in [0.5, 0.6) is 0 Å². The van der Waals surface area contributed by atoms with Crippen LogP contribution < -0.4 is 0 Å². The molecule has 2 rings (SSSR count). The molecule has 1 atom stereocenters. The fraction of sp³-hybridized carbons (Fsp3) is 0.818. The largest absolute Gasteiger partial charge is 0.547 e. The summed E-state index contributed by atoms with van der Waals surface area (Å²) in [5.41, 5.74) is 1.68. The average molecular weight is 196 g/mol. The highest BCUT2D eigenvalue weighted by Crippen LogP contribution is 2.44. The zero-order valence-corrected chi connectivity index (χ0v) is 10.0. The van der Waals surface area contributed by atoms with Crippen LogP contribution in [0.4, 0.5) is 0 Å². The summed E-state index contributed by atoms with van der Waals surface area (Å²) in [5, 5.41) is 0. The maximum Gasteiger partial charge on any atom is 0.241 e. The third-order valence-electron chi connectivity index (χ3n) is 3.00. The molecule has 0 heterocycles. The SMILES string of the molecule is C[Si](C)(C)OC1=C2CCCC2CC1. The fourth-order valence-electron chi connectivity index (χ4n) is 2.55. The Bertz CT molecular complexity index is 237. The minimum Gasteiger partial charge on any atom is -0.547 e. The lowest BCUT2D eigenvalue weighted by Crippen LogP contribution is -2.24. The molecule has 1 fully saturated rings. The van der Waals surface area contributed by atoms with Crippen LogP contribution in [-0.2, 0) is 4.43 Å². The van der Waals surface area contributed by atoms with Crippen LogP contribution in [0.3, 0.4) is 0 Å². The van der Waals surface area contributed by atoms with Crippen molar-refractivity contribution in [1.29, 1.82) is 0 Å². The Morgan fingerprint density at radius 1 is 1.15 bits per heavy atom. The molecule has 0 spiro atoms. The zero-order valence-electron chi connectivity index (χ0n) is 9.02. The average Bonchev–Trinajstić information content (AvgIpc) is 2.50. The summed E-state index contributed by atoms with van der Waals surface area (Å²) in [4.78, 5) is 0. The van der Waals surface area contributed by atoms with Gasteiger partial charge in [-0.1, -0.05) is 0 Å². The van der Waals surface area contributed by atoms with E-state index in [4.69, 9.17) is 4.43 Å².